The summed E-state index contributed by atoms with van der Waals surface area (Å²) in [6.07, 6.45) is -0.549. The molecular weight excluding hydrogens is 346 g/mol. The smallest absolute Gasteiger partial charge is 0.430 e. The quantitative estimate of drug-likeness (QED) is 0.497. The van der Waals surface area contributed by atoms with Gasteiger partial charge in [-0.3, -0.25) is 0 Å². The average Bonchev–Trinajstić information content (AvgIpc) is 2.27. The molecule has 0 aromatic heterocycles. The number of carbonyl (C=O) groups excluding carboxylic acids is 1. The number of hydrogen-bond donors (Lipinski definition) is 1. The summed E-state index contributed by atoms with van der Waals surface area (Å²) in [6, 6.07) is 7.33. The largest absolute Gasteiger partial charge is 0.442 e. The van der Waals surface area contributed by atoms with E-state index in [9.17, 15) is 4.79 Å². The van der Waals surface area contributed by atoms with Crippen LogP contribution in [-0.4, -0.2) is 29.6 Å². The fourth-order valence-corrected chi connectivity index (χ4v) is 1.47. The van der Waals surface area contributed by atoms with E-state index in [2.05, 4.69) is 21.0 Å². The molecule has 0 aliphatic rings. The van der Waals surface area contributed by atoms with Gasteiger partial charge >= 0.3 is 6.09 Å². The maximum absolute atomic E-state index is 11.7. The van der Waals surface area contributed by atoms with Crippen LogP contribution in [0.5, 0.6) is 0 Å². The lowest BCUT2D eigenvalue weighted by atomic mass is 10.2. The van der Waals surface area contributed by atoms with Crippen molar-refractivity contribution in [3.05, 3.63) is 34.3 Å². The van der Waals surface area contributed by atoms with Crippen molar-refractivity contribution in [2.45, 2.75) is 26.4 Å². The minimum absolute atomic E-state index is 0. The maximum atomic E-state index is 11.7. The maximum Gasteiger partial charge on any atom is 0.430 e. The second kappa shape index (κ2) is 7.50. The molecule has 2 N–H and O–H groups in total. The van der Waals surface area contributed by atoms with Crippen LogP contribution in [0, 0.1) is 0 Å². The molecule has 0 bridgehead atoms. The number of nitrogens with zero attached hydrogens (tertiary/aromatic N) is 2. The molecule has 1 aromatic rings. The summed E-state index contributed by atoms with van der Waals surface area (Å²) in [5.74, 6) is 0.251. The van der Waals surface area contributed by atoms with E-state index in [4.69, 9.17) is 10.5 Å². The molecule has 7 heteroatoms. The van der Waals surface area contributed by atoms with Crippen LogP contribution in [0.2, 0.25) is 0 Å². The summed E-state index contributed by atoms with van der Waals surface area (Å²) < 4.78 is 6.12. The lowest BCUT2D eigenvalue weighted by Gasteiger charge is -2.22. The van der Waals surface area contributed by atoms with Gasteiger partial charge in [0.2, 0.25) is 0 Å². The molecule has 0 aliphatic heterocycles. The van der Waals surface area contributed by atoms with Crippen LogP contribution in [0.3, 0.4) is 0 Å². The first-order valence-corrected chi connectivity index (χ1v) is 6.55. The van der Waals surface area contributed by atoms with Crippen LogP contribution in [0.1, 0.15) is 26.3 Å². The van der Waals surface area contributed by atoms with E-state index in [0.717, 1.165) is 15.0 Å². The molecule has 0 saturated heterocycles. The number of ether oxygens (including phenoxy) is 1. The van der Waals surface area contributed by atoms with Gasteiger partial charge in [0, 0.05) is 17.1 Å². The lowest BCUT2D eigenvalue weighted by Crippen LogP contribution is -2.33. The lowest BCUT2D eigenvalue weighted by molar-refractivity contribution is 0.0303. The van der Waals surface area contributed by atoms with Crippen molar-refractivity contribution >= 4 is 40.3 Å². The standard InChI is InChI=1S/C13H18BrN3O2.ClH/c1-13(2,3)19-12(18)17(4)16-11(15)9-5-7-10(14)8-6-9;/h5-8H,1-4H3,(H2,15,16);1H. The summed E-state index contributed by atoms with van der Waals surface area (Å²) in [4.78, 5) is 11.7. The Morgan fingerprint density at radius 3 is 2.25 bits per heavy atom. The van der Waals surface area contributed by atoms with E-state index < -0.39 is 11.7 Å². The van der Waals surface area contributed by atoms with E-state index in [1.165, 1.54) is 7.05 Å². The van der Waals surface area contributed by atoms with E-state index in [-0.39, 0.29) is 18.2 Å². The highest BCUT2D eigenvalue weighted by Crippen LogP contribution is 2.12. The topological polar surface area (TPSA) is 67.9 Å². The van der Waals surface area contributed by atoms with Gasteiger partial charge in [0.25, 0.3) is 0 Å². The molecule has 0 heterocycles. The predicted molar refractivity (Wildman–Crippen MR) is 86.1 cm³/mol. The van der Waals surface area contributed by atoms with E-state index in [1.807, 2.05) is 24.3 Å². The first kappa shape index (κ1) is 18.7. The summed E-state index contributed by atoms with van der Waals surface area (Å²) in [5, 5.41) is 5.08. The van der Waals surface area contributed by atoms with Gasteiger partial charge in [0.05, 0.1) is 0 Å². The average molecular weight is 365 g/mol. The second-order valence-electron chi connectivity index (χ2n) is 5.00. The van der Waals surface area contributed by atoms with Gasteiger partial charge in [-0.25, -0.2) is 4.79 Å². The molecule has 112 valence electrons. The Morgan fingerprint density at radius 2 is 1.80 bits per heavy atom. The van der Waals surface area contributed by atoms with Crippen molar-refractivity contribution in [3.63, 3.8) is 0 Å². The van der Waals surface area contributed by atoms with Gasteiger partial charge in [-0.15, -0.1) is 17.5 Å². The predicted octanol–water partition coefficient (Wildman–Crippen LogP) is 3.36. The number of halogens is 2. The van der Waals surface area contributed by atoms with Crippen LogP contribution in [0.15, 0.2) is 33.8 Å². The van der Waals surface area contributed by atoms with Crippen LogP contribution in [0.4, 0.5) is 4.79 Å². The van der Waals surface area contributed by atoms with Gasteiger partial charge in [-0.05, 0) is 32.9 Å². The number of rotatable bonds is 2. The van der Waals surface area contributed by atoms with Crippen molar-refractivity contribution in [2.75, 3.05) is 7.05 Å². The molecular formula is C13H19BrClN3O2. The molecule has 20 heavy (non-hydrogen) atoms. The number of hydrogen-bond acceptors (Lipinski definition) is 3. The monoisotopic (exact) mass is 363 g/mol. The summed E-state index contributed by atoms with van der Waals surface area (Å²) in [5.41, 5.74) is 6.01. The van der Waals surface area contributed by atoms with Crippen LogP contribution < -0.4 is 5.73 Å². The Labute approximate surface area is 133 Å². The number of benzene rings is 1. The summed E-state index contributed by atoms with van der Waals surface area (Å²) in [7, 11) is 1.50. The van der Waals surface area contributed by atoms with Crippen molar-refractivity contribution in [2.24, 2.45) is 10.8 Å². The van der Waals surface area contributed by atoms with Gasteiger partial charge in [-0.2, -0.15) is 5.01 Å². The third-order valence-electron chi connectivity index (χ3n) is 2.06. The number of nitrogens with two attached hydrogens (primary N) is 1. The first-order chi connectivity index (χ1) is 8.69. The Hall–Kier alpha value is -1.27. The molecule has 0 radical (unpaired) electrons. The molecule has 0 saturated carbocycles. The fourth-order valence-electron chi connectivity index (χ4n) is 1.21. The van der Waals surface area contributed by atoms with Gasteiger partial charge in [-0.1, -0.05) is 28.1 Å². The highest BCUT2D eigenvalue weighted by atomic mass is 79.9. The molecule has 1 rings (SSSR count). The van der Waals surface area contributed by atoms with Gasteiger partial charge in [0.1, 0.15) is 5.60 Å². The van der Waals surface area contributed by atoms with Crippen LogP contribution in [-0.2, 0) is 4.74 Å². The molecule has 1 amide bonds. The molecule has 0 atom stereocenters. The molecule has 5 nitrogen and oxygen atoms in total. The number of hydrazone groups is 1. The Balaban J connectivity index is 0.00000361. The third-order valence-corrected chi connectivity index (χ3v) is 2.58. The van der Waals surface area contributed by atoms with Gasteiger partial charge < -0.3 is 10.5 Å². The first-order valence-electron chi connectivity index (χ1n) is 5.76. The molecule has 0 fully saturated rings. The number of amidine groups is 1. The van der Waals surface area contributed by atoms with E-state index in [0.29, 0.717) is 0 Å². The molecule has 0 spiro atoms. The van der Waals surface area contributed by atoms with E-state index >= 15 is 0 Å². The minimum Gasteiger partial charge on any atom is -0.442 e. The van der Waals surface area contributed by atoms with Crippen molar-refractivity contribution in [1.29, 1.82) is 0 Å². The zero-order valence-corrected chi connectivity index (χ0v) is 14.3. The highest BCUT2D eigenvalue weighted by molar-refractivity contribution is 9.10. The van der Waals surface area contributed by atoms with E-state index in [1.54, 1.807) is 20.8 Å². The van der Waals surface area contributed by atoms with Crippen molar-refractivity contribution < 1.29 is 9.53 Å². The zero-order chi connectivity index (χ0) is 14.6. The van der Waals surface area contributed by atoms with Gasteiger partial charge in [0.15, 0.2) is 5.84 Å². The minimum atomic E-state index is -0.562. The zero-order valence-electron chi connectivity index (χ0n) is 11.9. The normalized spacial score (nSPS) is 11.6. The summed E-state index contributed by atoms with van der Waals surface area (Å²) >= 11 is 3.34. The van der Waals surface area contributed by atoms with Crippen molar-refractivity contribution in [3.8, 4) is 0 Å². The Morgan fingerprint density at radius 1 is 1.30 bits per heavy atom. The molecule has 1 aromatic carbocycles. The van der Waals surface area contributed by atoms with Crippen LogP contribution >= 0.6 is 28.3 Å². The number of amides is 1. The third kappa shape index (κ3) is 6.25. The number of carbonyl (C=O) groups is 1. The Kier molecular flexibility index (Phi) is 7.02. The molecule has 0 aliphatic carbocycles. The van der Waals surface area contributed by atoms with Crippen molar-refractivity contribution in [1.82, 2.24) is 5.01 Å². The SMILES string of the molecule is CN(N=C(N)c1ccc(Br)cc1)C(=O)OC(C)(C)C.Cl. The fraction of sp³-hybridized carbons (Fsp3) is 0.385. The van der Waals surface area contributed by atoms with Crippen LogP contribution in [0.25, 0.3) is 0 Å². The highest BCUT2D eigenvalue weighted by Gasteiger charge is 2.19. The second-order valence-corrected chi connectivity index (χ2v) is 5.91. The summed E-state index contributed by atoms with van der Waals surface area (Å²) in [6.45, 7) is 5.38. The molecule has 0 unspecified atom stereocenters. The Bertz CT molecular complexity index is 483.